The van der Waals surface area contributed by atoms with E-state index in [4.69, 9.17) is 0 Å². The molecule has 2 rings (SSSR count). The molecule has 0 radical (unpaired) electrons. The molecule has 6 heteroatoms. The normalized spacial score (nSPS) is 10.9. The highest BCUT2D eigenvalue weighted by Crippen LogP contribution is 2.17. The van der Waals surface area contributed by atoms with Crippen molar-refractivity contribution in [1.82, 2.24) is 9.88 Å². The van der Waals surface area contributed by atoms with E-state index in [1.807, 2.05) is 13.8 Å². The number of benzene rings is 1. The number of halogens is 2. The van der Waals surface area contributed by atoms with E-state index in [1.165, 1.54) is 10.6 Å². The largest absolute Gasteiger partial charge is 0.351 e. The summed E-state index contributed by atoms with van der Waals surface area (Å²) in [5.74, 6) is -2.50. The Bertz CT molecular complexity index is 769. The number of hydrogen-bond donors (Lipinski definition) is 1. The van der Waals surface area contributed by atoms with Gasteiger partial charge in [-0.15, -0.1) is 0 Å². The fourth-order valence-corrected chi connectivity index (χ4v) is 2.31. The molecule has 0 aliphatic rings. The van der Waals surface area contributed by atoms with Gasteiger partial charge < -0.3 is 9.88 Å². The van der Waals surface area contributed by atoms with E-state index < -0.39 is 17.2 Å². The monoisotopic (exact) mass is 308 g/mol. The quantitative estimate of drug-likeness (QED) is 0.923. The molecule has 22 heavy (non-hydrogen) atoms. The fourth-order valence-electron chi connectivity index (χ4n) is 2.31. The average molecular weight is 308 g/mol. The van der Waals surface area contributed by atoms with Crippen molar-refractivity contribution in [2.24, 2.45) is 0 Å². The Hall–Kier alpha value is -2.24. The zero-order valence-electron chi connectivity index (χ0n) is 12.6. The molecule has 0 unspecified atom stereocenters. The number of pyridine rings is 1. The predicted molar refractivity (Wildman–Crippen MR) is 81.0 cm³/mol. The smallest absolute Gasteiger partial charge is 0.268 e. The van der Waals surface area contributed by atoms with Crippen LogP contribution in [0.4, 0.5) is 8.78 Å². The maximum atomic E-state index is 13.4. The summed E-state index contributed by atoms with van der Waals surface area (Å²) in [6.45, 7) is 4.60. The molecule has 0 aliphatic heterocycles. The van der Waals surface area contributed by atoms with Crippen molar-refractivity contribution in [3.05, 3.63) is 45.9 Å². The standard InChI is InChI=1S/C16H18F2N2O2/c1-3-5-19-15(21)14-8-10-7-12(17)13(18)9-11(10)16(22)20(14)6-4-2/h7-9H,3-6H2,1-2H3,(H,19,21). The van der Waals surface area contributed by atoms with Crippen molar-refractivity contribution in [1.29, 1.82) is 0 Å². The molecule has 2 aromatic rings. The zero-order valence-corrected chi connectivity index (χ0v) is 12.6. The highest BCUT2D eigenvalue weighted by atomic mass is 19.2. The molecule has 1 aromatic carbocycles. The summed E-state index contributed by atoms with van der Waals surface area (Å²) >= 11 is 0. The summed E-state index contributed by atoms with van der Waals surface area (Å²) in [5, 5.41) is 2.99. The first kappa shape index (κ1) is 16.1. The van der Waals surface area contributed by atoms with Crippen LogP contribution in [0.5, 0.6) is 0 Å². The van der Waals surface area contributed by atoms with Gasteiger partial charge in [-0.05, 0) is 36.4 Å². The maximum absolute atomic E-state index is 13.4. The highest BCUT2D eigenvalue weighted by Gasteiger charge is 2.16. The molecule has 1 N–H and O–H groups in total. The van der Waals surface area contributed by atoms with E-state index in [0.29, 0.717) is 19.5 Å². The highest BCUT2D eigenvalue weighted by molar-refractivity contribution is 5.96. The van der Waals surface area contributed by atoms with Crippen LogP contribution >= 0.6 is 0 Å². The Labute approximate surface area is 126 Å². The van der Waals surface area contributed by atoms with E-state index >= 15 is 0 Å². The third-order valence-corrected chi connectivity index (χ3v) is 3.37. The molecular weight excluding hydrogens is 290 g/mol. The van der Waals surface area contributed by atoms with Crippen molar-refractivity contribution < 1.29 is 13.6 Å². The Kier molecular flexibility index (Phi) is 4.90. The van der Waals surface area contributed by atoms with Crippen molar-refractivity contribution in [2.45, 2.75) is 33.2 Å². The lowest BCUT2D eigenvalue weighted by Gasteiger charge is -2.13. The van der Waals surface area contributed by atoms with Crippen LogP contribution in [0.25, 0.3) is 10.8 Å². The number of hydrogen-bond acceptors (Lipinski definition) is 2. The second-order valence-corrected chi connectivity index (χ2v) is 5.10. The summed E-state index contributed by atoms with van der Waals surface area (Å²) in [6, 6.07) is 3.26. The van der Waals surface area contributed by atoms with E-state index in [1.54, 1.807) is 0 Å². The topological polar surface area (TPSA) is 51.1 Å². The van der Waals surface area contributed by atoms with Crippen molar-refractivity contribution in [3.8, 4) is 0 Å². The molecule has 1 amide bonds. The Morgan fingerprint density at radius 1 is 1.14 bits per heavy atom. The van der Waals surface area contributed by atoms with Gasteiger partial charge in [-0.1, -0.05) is 13.8 Å². The van der Waals surface area contributed by atoms with Gasteiger partial charge in [0.1, 0.15) is 5.69 Å². The predicted octanol–water partition coefficient (Wildman–Crippen LogP) is 2.83. The van der Waals surface area contributed by atoms with Crippen LogP contribution in [-0.2, 0) is 6.54 Å². The van der Waals surface area contributed by atoms with Gasteiger partial charge in [0.15, 0.2) is 11.6 Å². The van der Waals surface area contributed by atoms with Crippen LogP contribution in [0.3, 0.4) is 0 Å². The maximum Gasteiger partial charge on any atom is 0.268 e. The fraction of sp³-hybridized carbons (Fsp3) is 0.375. The summed E-state index contributed by atoms with van der Waals surface area (Å²) in [4.78, 5) is 24.7. The lowest BCUT2D eigenvalue weighted by Crippen LogP contribution is -2.32. The number of rotatable bonds is 5. The van der Waals surface area contributed by atoms with E-state index in [2.05, 4.69) is 5.32 Å². The lowest BCUT2D eigenvalue weighted by molar-refractivity contribution is 0.0943. The van der Waals surface area contributed by atoms with Gasteiger partial charge in [0.05, 0.1) is 5.39 Å². The molecule has 1 aromatic heterocycles. The first-order valence-corrected chi connectivity index (χ1v) is 7.30. The Balaban J connectivity index is 2.68. The summed E-state index contributed by atoms with van der Waals surface area (Å²) in [7, 11) is 0. The Morgan fingerprint density at radius 2 is 1.82 bits per heavy atom. The lowest BCUT2D eigenvalue weighted by atomic mass is 10.1. The van der Waals surface area contributed by atoms with E-state index in [0.717, 1.165) is 18.6 Å². The molecule has 0 bridgehead atoms. The minimum Gasteiger partial charge on any atom is -0.351 e. The number of aromatic nitrogens is 1. The zero-order chi connectivity index (χ0) is 16.3. The first-order chi connectivity index (χ1) is 10.5. The van der Waals surface area contributed by atoms with Crippen LogP contribution in [0.2, 0.25) is 0 Å². The number of carbonyl (C=O) groups excluding carboxylic acids is 1. The van der Waals surface area contributed by atoms with Gasteiger partial charge in [0.2, 0.25) is 0 Å². The number of nitrogens with zero attached hydrogens (tertiary/aromatic N) is 1. The molecule has 0 saturated carbocycles. The van der Waals surface area contributed by atoms with Gasteiger partial charge in [-0.2, -0.15) is 0 Å². The van der Waals surface area contributed by atoms with Crippen molar-refractivity contribution in [2.75, 3.05) is 6.54 Å². The van der Waals surface area contributed by atoms with Crippen molar-refractivity contribution >= 4 is 16.7 Å². The SMILES string of the molecule is CCCNC(=O)c1cc2cc(F)c(F)cc2c(=O)n1CCC. The van der Waals surface area contributed by atoms with Crippen LogP contribution < -0.4 is 10.9 Å². The van der Waals surface area contributed by atoms with Crippen LogP contribution in [0.1, 0.15) is 37.2 Å². The number of amides is 1. The molecule has 1 heterocycles. The third-order valence-electron chi connectivity index (χ3n) is 3.37. The molecule has 0 aliphatic carbocycles. The molecule has 0 fully saturated rings. The molecular formula is C16H18F2N2O2. The summed E-state index contributed by atoms with van der Waals surface area (Å²) in [6.07, 6.45) is 1.40. The van der Waals surface area contributed by atoms with Crippen LogP contribution in [-0.4, -0.2) is 17.0 Å². The average Bonchev–Trinajstić information content (AvgIpc) is 2.49. The van der Waals surface area contributed by atoms with Gasteiger partial charge in [-0.3, -0.25) is 9.59 Å². The van der Waals surface area contributed by atoms with Gasteiger partial charge in [0.25, 0.3) is 11.5 Å². The minimum atomic E-state index is -1.07. The van der Waals surface area contributed by atoms with E-state index in [9.17, 15) is 18.4 Å². The third kappa shape index (κ3) is 3.00. The molecule has 118 valence electrons. The van der Waals surface area contributed by atoms with Gasteiger partial charge in [-0.25, -0.2) is 8.78 Å². The van der Waals surface area contributed by atoms with Gasteiger partial charge >= 0.3 is 0 Å². The number of fused-ring (bicyclic) bond motifs is 1. The molecule has 0 spiro atoms. The van der Waals surface area contributed by atoms with E-state index in [-0.39, 0.29) is 22.4 Å². The molecule has 4 nitrogen and oxygen atoms in total. The summed E-state index contributed by atoms with van der Waals surface area (Å²) < 4.78 is 28.1. The number of nitrogens with one attached hydrogen (secondary N) is 1. The van der Waals surface area contributed by atoms with Crippen LogP contribution in [0, 0.1) is 11.6 Å². The molecule has 0 saturated heterocycles. The Morgan fingerprint density at radius 3 is 2.45 bits per heavy atom. The second-order valence-electron chi connectivity index (χ2n) is 5.10. The number of carbonyl (C=O) groups is 1. The first-order valence-electron chi connectivity index (χ1n) is 7.30. The van der Waals surface area contributed by atoms with Crippen molar-refractivity contribution in [3.63, 3.8) is 0 Å². The molecule has 0 atom stereocenters. The van der Waals surface area contributed by atoms with Crippen LogP contribution in [0.15, 0.2) is 23.0 Å². The van der Waals surface area contributed by atoms with Gasteiger partial charge in [0, 0.05) is 13.1 Å². The second kappa shape index (κ2) is 6.68. The minimum absolute atomic E-state index is 0.0689. The summed E-state index contributed by atoms with van der Waals surface area (Å²) in [5.41, 5.74) is -0.321.